The van der Waals surface area contributed by atoms with E-state index in [2.05, 4.69) is 25.9 Å². The quantitative estimate of drug-likeness (QED) is 0.925. The first-order valence-corrected chi connectivity index (χ1v) is 6.14. The zero-order valence-corrected chi connectivity index (χ0v) is 11.4. The number of aromatic nitrogens is 2. The average Bonchev–Trinajstić information content (AvgIpc) is 2.28. The molecular weight excluding hydrogens is 278 g/mol. The van der Waals surface area contributed by atoms with Gasteiger partial charge in [-0.05, 0) is 32.0 Å². The second-order valence-corrected chi connectivity index (χ2v) is 5.41. The molecule has 1 aromatic heterocycles. The first-order valence-electron chi connectivity index (χ1n) is 5.35. The van der Waals surface area contributed by atoms with Crippen molar-refractivity contribution in [3.05, 3.63) is 46.8 Å². The van der Waals surface area contributed by atoms with E-state index < -0.39 is 5.54 Å². The molecule has 0 saturated carbocycles. The fourth-order valence-corrected chi connectivity index (χ4v) is 1.88. The Morgan fingerprint density at radius 3 is 2.65 bits per heavy atom. The van der Waals surface area contributed by atoms with E-state index in [1.54, 1.807) is 6.20 Å². The lowest BCUT2D eigenvalue weighted by atomic mass is 10.1. The van der Waals surface area contributed by atoms with Gasteiger partial charge in [-0.15, -0.1) is 0 Å². The van der Waals surface area contributed by atoms with Gasteiger partial charge in [0.15, 0.2) is 0 Å². The molecular formula is C13H14BrN3. The molecule has 1 aromatic carbocycles. The molecule has 0 atom stereocenters. The first kappa shape index (κ1) is 12.2. The van der Waals surface area contributed by atoms with Crippen molar-refractivity contribution in [3.63, 3.8) is 0 Å². The molecule has 1 heterocycles. The normalized spacial score (nSPS) is 11.5. The van der Waals surface area contributed by atoms with Crippen molar-refractivity contribution in [2.24, 2.45) is 5.73 Å². The minimum absolute atomic E-state index is 0.526. The maximum Gasteiger partial charge on any atom is 0.148 e. The standard InChI is InChI=1S/C13H14BrN3/c1-13(2,15)12-16-7-6-11(17-12)9-4-3-5-10(14)8-9/h3-8H,15H2,1-2H3. The van der Waals surface area contributed by atoms with Crippen molar-refractivity contribution in [3.8, 4) is 11.3 Å². The number of hydrogen-bond acceptors (Lipinski definition) is 3. The number of halogens is 1. The van der Waals surface area contributed by atoms with Crippen molar-refractivity contribution in [2.75, 3.05) is 0 Å². The number of hydrogen-bond donors (Lipinski definition) is 1. The van der Waals surface area contributed by atoms with Crippen LogP contribution in [-0.4, -0.2) is 9.97 Å². The second kappa shape index (κ2) is 4.55. The highest BCUT2D eigenvalue weighted by molar-refractivity contribution is 9.10. The number of nitrogens with zero attached hydrogens (tertiary/aromatic N) is 2. The maximum absolute atomic E-state index is 6.00. The summed E-state index contributed by atoms with van der Waals surface area (Å²) in [6.45, 7) is 3.79. The number of nitrogens with two attached hydrogens (primary N) is 1. The Labute approximate surface area is 109 Å². The fourth-order valence-electron chi connectivity index (χ4n) is 1.48. The van der Waals surface area contributed by atoms with Gasteiger partial charge in [0.05, 0.1) is 11.2 Å². The Kier molecular flexibility index (Phi) is 3.26. The van der Waals surface area contributed by atoms with E-state index in [1.807, 2.05) is 44.2 Å². The lowest BCUT2D eigenvalue weighted by molar-refractivity contribution is 0.514. The highest BCUT2D eigenvalue weighted by atomic mass is 79.9. The molecule has 2 rings (SSSR count). The summed E-state index contributed by atoms with van der Waals surface area (Å²) in [5, 5.41) is 0. The lowest BCUT2D eigenvalue weighted by Crippen LogP contribution is -2.31. The predicted octanol–water partition coefficient (Wildman–Crippen LogP) is 3.10. The summed E-state index contributed by atoms with van der Waals surface area (Å²) in [7, 11) is 0. The molecule has 0 aliphatic carbocycles. The summed E-state index contributed by atoms with van der Waals surface area (Å²) in [6.07, 6.45) is 1.74. The van der Waals surface area contributed by atoms with Crippen LogP contribution < -0.4 is 5.73 Å². The van der Waals surface area contributed by atoms with E-state index in [9.17, 15) is 0 Å². The third kappa shape index (κ3) is 2.90. The van der Waals surface area contributed by atoms with Gasteiger partial charge in [-0.1, -0.05) is 28.1 Å². The van der Waals surface area contributed by atoms with Gasteiger partial charge in [-0.25, -0.2) is 9.97 Å². The largest absolute Gasteiger partial charge is 0.319 e. The van der Waals surface area contributed by atoms with Gasteiger partial charge in [-0.3, -0.25) is 0 Å². The fraction of sp³-hybridized carbons (Fsp3) is 0.231. The van der Waals surface area contributed by atoms with Crippen molar-refractivity contribution in [1.29, 1.82) is 0 Å². The Hall–Kier alpha value is -1.26. The van der Waals surface area contributed by atoms with Crippen LogP contribution in [0.1, 0.15) is 19.7 Å². The number of rotatable bonds is 2. The summed E-state index contributed by atoms with van der Waals surface area (Å²) >= 11 is 3.45. The molecule has 88 valence electrons. The van der Waals surface area contributed by atoms with Crippen LogP contribution in [-0.2, 0) is 5.54 Å². The van der Waals surface area contributed by atoms with Gasteiger partial charge in [-0.2, -0.15) is 0 Å². The van der Waals surface area contributed by atoms with Gasteiger partial charge < -0.3 is 5.73 Å². The summed E-state index contributed by atoms with van der Waals surface area (Å²) in [6, 6.07) is 9.89. The average molecular weight is 292 g/mol. The smallest absolute Gasteiger partial charge is 0.148 e. The molecule has 0 unspecified atom stereocenters. The SMILES string of the molecule is CC(C)(N)c1nccc(-c2cccc(Br)c2)n1. The molecule has 0 saturated heterocycles. The molecule has 0 aliphatic rings. The highest BCUT2D eigenvalue weighted by Gasteiger charge is 2.18. The van der Waals surface area contributed by atoms with Crippen molar-refractivity contribution in [1.82, 2.24) is 9.97 Å². The van der Waals surface area contributed by atoms with Crippen molar-refractivity contribution < 1.29 is 0 Å². The molecule has 17 heavy (non-hydrogen) atoms. The Balaban J connectivity index is 2.47. The van der Waals surface area contributed by atoms with Gasteiger partial charge >= 0.3 is 0 Å². The molecule has 2 N–H and O–H groups in total. The third-order valence-corrected chi connectivity index (χ3v) is 2.85. The Bertz CT molecular complexity index is 532. The monoisotopic (exact) mass is 291 g/mol. The molecule has 3 nitrogen and oxygen atoms in total. The third-order valence-electron chi connectivity index (χ3n) is 2.35. The van der Waals surface area contributed by atoms with Gasteiger partial charge in [0.2, 0.25) is 0 Å². The molecule has 0 spiro atoms. The molecule has 2 aromatic rings. The zero-order chi connectivity index (χ0) is 12.5. The van der Waals surface area contributed by atoms with Crippen molar-refractivity contribution in [2.45, 2.75) is 19.4 Å². The van der Waals surface area contributed by atoms with Gasteiger partial charge in [0.1, 0.15) is 5.82 Å². The van der Waals surface area contributed by atoms with Gasteiger partial charge in [0, 0.05) is 16.2 Å². The van der Waals surface area contributed by atoms with Crippen LogP contribution in [0.2, 0.25) is 0 Å². The van der Waals surface area contributed by atoms with Crippen molar-refractivity contribution >= 4 is 15.9 Å². The van der Waals surface area contributed by atoms with Crippen LogP contribution in [0.5, 0.6) is 0 Å². The second-order valence-electron chi connectivity index (χ2n) is 4.50. The Morgan fingerprint density at radius 2 is 2.00 bits per heavy atom. The molecule has 0 bridgehead atoms. The van der Waals surface area contributed by atoms with E-state index in [0.717, 1.165) is 15.7 Å². The van der Waals surface area contributed by atoms with E-state index >= 15 is 0 Å². The minimum Gasteiger partial charge on any atom is -0.319 e. The van der Waals surface area contributed by atoms with Crippen LogP contribution in [0.3, 0.4) is 0 Å². The van der Waals surface area contributed by atoms with E-state index in [-0.39, 0.29) is 0 Å². The summed E-state index contributed by atoms with van der Waals surface area (Å²) in [5.41, 5.74) is 7.41. The highest BCUT2D eigenvalue weighted by Crippen LogP contribution is 2.22. The van der Waals surface area contributed by atoms with E-state index in [1.165, 1.54) is 0 Å². The van der Waals surface area contributed by atoms with Crippen LogP contribution in [0.15, 0.2) is 41.0 Å². The first-order chi connectivity index (χ1) is 7.97. The van der Waals surface area contributed by atoms with Gasteiger partial charge in [0.25, 0.3) is 0 Å². The molecule has 4 heteroatoms. The van der Waals surface area contributed by atoms with Crippen LogP contribution >= 0.6 is 15.9 Å². The predicted molar refractivity (Wildman–Crippen MR) is 72.4 cm³/mol. The molecule has 0 aliphatic heterocycles. The summed E-state index contributed by atoms with van der Waals surface area (Å²) in [5.74, 6) is 0.648. The summed E-state index contributed by atoms with van der Waals surface area (Å²) in [4.78, 5) is 8.71. The number of benzene rings is 1. The topological polar surface area (TPSA) is 51.8 Å². The maximum atomic E-state index is 6.00. The van der Waals surface area contributed by atoms with E-state index in [0.29, 0.717) is 5.82 Å². The molecule has 0 radical (unpaired) electrons. The van der Waals surface area contributed by atoms with Crippen LogP contribution in [0.25, 0.3) is 11.3 Å². The Morgan fingerprint density at radius 1 is 1.24 bits per heavy atom. The van der Waals surface area contributed by atoms with Crippen LogP contribution in [0, 0.1) is 0 Å². The summed E-state index contributed by atoms with van der Waals surface area (Å²) < 4.78 is 1.03. The molecule has 0 amide bonds. The lowest BCUT2D eigenvalue weighted by Gasteiger charge is -2.17. The van der Waals surface area contributed by atoms with Crippen LogP contribution in [0.4, 0.5) is 0 Å². The minimum atomic E-state index is -0.526. The zero-order valence-electron chi connectivity index (χ0n) is 9.81. The van der Waals surface area contributed by atoms with E-state index in [4.69, 9.17) is 5.73 Å². The molecule has 0 fully saturated rings.